The predicted molar refractivity (Wildman–Crippen MR) is 37.8 cm³/mol. The third-order valence-corrected chi connectivity index (χ3v) is 1.14. The summed E-state index contributed by atoms with van der Waals surface area (Å²) in [5, 5.41) is 0. The summed E-state index contributed by atoms with van der Waals surface area (Å²) in [5.74, 6) is -0.675. The Hall–Kier alpha value is -1.04. The van der Waals surface area contributed by atoms with E-state index >= 15 is 0 Å². The van der Waals surface area contributed by atoms with Crippen LogP contribution in [-0.4, -0.2) is 26.0 Å². The fourth-order valence-electron chi connectivity index (χ4n) is 0.505. The summed E-state index contributed by atoms with van der Waals surface area (Å²) in [7, 11) is 1.14. The van der Waals surface area contributed by atoms with E-state index in [9.17, 15) is 18.0 Å². The van der Waals surface area contributed by atoms with E-state index in [1.54, 1.807) is 0 Å². The van der Waals surface area contributed by atoms with Gasteiger partial charge in [-0.3, -0.25) is 4.74 Å². The van der Waals surface area contributed by atoms with E-state index in [-0.39, 0.29) is 5.57 Å². The standard InChI is InChI=1S/C7H9F3O3/c1-5(6(11)12-2)3-4-13-7(8,9)10/h3H,4H2,1-2H3. The van der Waals surface area contributed by atoms with E-state index in [1.807, 2.05) is 0 Å². The zero-order chi connectivity index (χ0) is 10.5. The lowest BCUT2D eigenvalue weighted by atomic mass is 10.3. The van der Waals surface area contributed by atoms with Crippen LogP contribution in [0.25, 0.3) is 0 Å². The van der Waals surface area contributed by atoms with E-state index in [1.165, 1.54) is 6.92 Å². The molecule has 0 aliphatic rings. The van der Waals surface area contributed by atoms with Crippen molar-refractivity contribution in [2.45, 2.75) is 13.3 Å². The maximum atomic E-state index is 11.4. The van der Waals surface area contributed by atoms with Crippen LogP contribution in [0.15, 0.2) is 11.6 Å². The van der Waals surface area contributed by atoms with Crippen LogP contribution in [-0.2, 0) is 14.3 Å². The van der Waals surface area contributed by atoms with E-state index in [0.717, 1.165) is 13.2 Å². The number of hydrogen-bond acceptors (Lipinski definition) is 3. The average molecular weight is 198 g/mol. The van der Waals surface area contributed by atoms with Crippen LogP contribution in [0.2, 0.25) is 0 Å². The lowest BCUT2D eigenvalue weighted by Gasteiger charge is -2.04. The second-order valence-electron chi connectivity index (χ2n) is 2.14. The first-order valence-electron chi connectivity index (χ1n) is 3.32. The molecule has 0 atom stereocenters. The topological polar surface area (TPSA) is 35.5 Å². The zero-order valence-electron chi connectivity index (χ0n) is 7.14. The molecule has 0 rings (SSSR count). The maximum absolute atomic E-state index is 11.4. The summed E-state index contributed by atoms with van der Waals surface area (Å²) in [6, 6.07) is 0. The molecule has 0 radical (unpaired) electrons. The van der Waals surface area contributed by atoms with Crippen molar-refractivity contribution in [2.75, 3.05) is 13.7 Å². The van der Waals surface area contributed by atoms with E-state index in [4.69, 9.17) is 0 Å². The Balaban J connectivity index is 3.92. The second kappa shape index (κ2) is 4.86. The summed E-state index contributed by atoms with van der Waals surface area (Å²) in [6.07, 6.45) is -3.67. The molecule has 13 heavy (non-hydrogen) atoms. The minimum atomic E-state index is -4.67. The van der Waals surface area contributed by atoms with Gasteiger partial charge in [0.2, 0.25) is 0 Å². The Bertz CT molecular complexity index is 208. The molecule has 0 unspecified atom stereocenters. The lowest BCUT2D eigenvalue weighted by molar-refractivity contribution is -0.319. The molecule has 0 bridgehead atoms. The molecule has 76 valence electrons. The molecule has 0 aliphatic carbocycles. The van der Waals surface area contributed by atoms with Gasteiger partial charge in [-0.15, -0.1) is 13.2 Å². The molecule has 0 aromatic rings. The van der Waals surface area contributed by atoms with Gasteiger partial charge in [-0.1, -0.05) is 0 Å². The van der Waals surface area contributed by atoms with Gasteiger partial charge in [0.1, 0.15) is 0 Å². The first-order chi connectivity index (χ1) is 5.87. The van der Waals surface area contributed by atoms with Crippen LogP contribution in [0.1, 0.15) is 6.92 Å². The highest BCUT2D eigenvalue weighted by Gasteiger charge is 2.28. The quantitative estimate of drug-likeness (QED) is 0.510. The van der Waals surface area contributed by atoms with Crippen LogP contribution < -0.4 is 0 Å². The number of esters is 1. The van der Waals surface area contributed by atoms with Gasteiger partial charge >= 0.3 is 12.3 Å². The summed E-state index contributed by atoms with van der Waals surface area (Å²) < 4.78 is 41.9. The molecule has 0 heterocycles. The van der Waals surface area contributed by atoms with Crippen molar-refractivity contribution in [1.29, 1.82) is 0 Å². The van der Waals surface area contributed by atoms with Crippen molar-refractivity contribution in [2.24, 2.45) is 0 Å². The minimum absolute atomic E-state index is 0.0757. The molecule has 6 heteroatoms. The number of carbonyl (C=O) groups excluding carboxylic acids is 1. The Kier molecular flexibility index (Phi) is 4.47. The van der Waals surface area contributed by atoms with Gasteiger partial charge in [0.15, 0.2) is 0 Å². The molecule has 3 nitrogen and oxygen atoms in total. The molecule has 0 saturated heterocycles. The first-order valence-corrected chi connectivity index (χ1v) is 3.32. The van der Waals surface area contributed by atoms with Gasteiger partial charge in [0.05, 0.1) is 13.7 Å². The van der Waals surface area contributed by atoms with Crippen molar-refractivity contribution in [3.05, 3.63) is 11.6 Å². The van der Waals surface area contributed by atoms with Crippen molar-refractivity contribution < 1.29 is 27.4 Å². The molecule has 0 spiro atoms. The van der Waals surface area contributed by atoms with E-state index in [2.05, 4.69) is 9.47 Å². The fourth-order valence-corrected chi connectivity index (χ4v) is 0.505. The Morgan fingerprint density at radius 1 is 1.46 bits per heavy atom. The van der Waals surface area contributed by atoms with Gasteiger partial charge in [0.25, 0.3) is 0 Å². The SMILES string of the molecule is COC(=O)C(C)=CCOC(F)(F)F. The number of alkyl halides is 3. The molecule has 0 aromatic carbocycles. The number of halogens is 3. The number of carbonyl (C=O) groups is 1. The summed E-state index contributed by atoms with van der Waals surface area (Å²) in [5.41, 5.74) is 0.0757. The molecule has 0 fully saturated rings. The van der Waals surface area contributed by atoms with Gasteiger partial charge < -0.3 is 4.74 Å². The highest BCUT2D eigenvalue weighted by Crippen LogP contribution is 2.15. The van der Waals surface area contributed by atoms with E-state index < -0.39 is 18.9 Å². The lowest BCUT2D eigenvalue weighted by Crippen LogP contribution is -2.14. The molecule has 0 aliphatic heterocycles. The van der Waals surface area contributed by atoms with Crippen molar-refractivity contribution in [3.8, 4) is 0 Å². The average Bonchev–Trinajstić information content (AvgIpc) is 2.00. The summed E-state index contributed by atoms with van der Waals surface area (Å²) in [6.45, 7) is 0.649. The van der Waals surface area contributed by atoms with Crippen LogP contribution in [0.3, 0.4) is 0 Å². The highest BCUT2D eigenvalue weighted by atomic mass is 19.4. The molecular formula is C7H9F3O3. The molecular weight excluding hydrogens is 189 g/mol. The summed E-state index contributed by atoms with van der Waals surface area (Å²) >= 11 is 0. The van der Waals surface area contributed by atoms with Crippen LogP contribution in [0, 0.1) is 0 Å². The van der Waals surface area contributed by atoms with Gasteiger partial charge in [-0.05, 0) is 13.0 Å². The molecule has 0 saturated carbocycles. The van der Waals surface area contributed by atoms with Gasteiger partial charge in [-0.2, -0.15) is 0 Å². The fraction of sp³-hybridized carbons (Fsp3) is 0.571. The third-order valence-electron chi connectivity index (χ3n) is 1.14. The second-order valence-corrected chi connectivity index (χ2v) is 2.14. The summed E-state index contributed by atoms with van der Waals surface area (Å²) in [4.78, 5) is 10.6. The van der Waals surface area contributed by atoms with Crippen LogP contribution in [0.5, 0.6) is 0 Å². The van der Waals surface area contributed by atoms with Crippen molar-refractivity contribution in [3.63, 3.8) is 0 Å². The molecule has 0 amide bonds. The van der Waals surface area contributed by atoms with E-state index in [0.29, 0.717) is 0 Å². The highest BCUT2D eigenvalue weighted by molar-refractivity contribution is 5.87. The molecule has 0 aromatic heterocycles. The predicted octanol–water partition coefficient (Wildman–Crippen LogP) is 1.64. The molecule has 0 N–H and O–H groups in total. The Morgan fingerprint density at radius 2 is 2.00 bits per heavy atom. The van der Waals surface area contributed by atoms with Crippen LogP contribution in [0.4, 0.5) is 13.2 Å². The number of methoxy groups -OCH3 is 1. The van der Waals surface area contributed by atoms with Crippen molar-refractivity contribution in [1.82, 2.24) is 0 Å². The zero-order valence-corrected chi connectivity index (χ0v) is 7.14. The van der Waals surface area contributed by atoms with Crippen molar-refractivity contribution >= 4 is 5.97 Å². The largest absolute Gasteiger partial charge is 0.522 e. The normalized spacial score (nSPS) is 12.8. The van der Waals surface area contributed by atoms with Gasteiger partial charge in [0, 0.05) is 5.57 Å². The minimum Gasteiger partial charge on any atom is -0.466 e. The van der Waals surface area contributed by atoms with Gasteiger partial charge in [-0.25, -0.2) is 4.79 Å². The first kappa shape index (κ1) is 12.0. The number of rotatable bonds is 3. The van der Waals surface area contributed by atoms with Crippen LogP contribution >= 0.6 is 0 Å². The Labute approximate surface area is 73.1 Å². The number of ether oxygens (including phenoxy) is 2. The third kappa shape index (κ3) is 6.15. The number of hydrogen-bond donors (Lipinski definition) is 0. The Morgan fingerprint density at radius 3 is 2.38 bits per heavy atom. The maximum Gasteiger partial charge on any atom is 0.522 e. The monoisotopic (exact) mass is 198 g/mol. The smallest absolute Gasteiger partial charge is 0.466 e.